The Morgan fingerprint density at radius 2 is 2.11 bits per heavy atom. The van der Waals surface area contributed by atoms with E-state index in [9.17, 15) is 0 Å². The van der Waals surface area contributed by atoms with Crippen molar-refractivity contribution in [2.75, 3.05) is 0 Å². The molecule has 2 aromatic heterocycles. The van der Waals surface area contributed by atoms with Gasteiger partial charge in [0, 0.05) is 23.1 Å². The van der Waals surface area contributed by atoms with Gasteiger partial charge in [0.15, 0.2) is 0 Å². The Morgan fingerprint density at radius 1 is 1.26 bits per heavy atom. The number of benzene rings is 1. The average molecular weight is 275 g/mol. The summed E-state index contributed by atoms with van der Waals surface area (Å²) in [7, 11) is 0. The predicted molar refractivity (Wildman–Crippen MR) is 77.3 cm³/mol. The van der Waals surface area contributed by atoms with E-state index in [0.29, 0.717) is 6.54 Å². The third kappa shape index (κ3) is 2.39. The van der Waals surface area contributed by atoms with E-state index in [1.54, 1.807) is 6.26 Å². The SMILES string of the molecule is CC(NCc1[nH]c2ccccc2c1Cl)c1ccco1. The summed E-state index contributed by atoms with van der Waals surface area (Å²) in [5.74, 6) is 0.923. The number of hydrogen-bond acceptors (Lipinski definition) is 2. The molecule has 1 aromatic carbocycles. The number of halogens is 1. The quantitative estimate of drug-likeness (QED) is 0.746. The van der Waals surface area contributed by atoms with Crippen molar-refractivity contribution in [1.29, 1.82) is 0 Å². The Kier molecular flexibility index (Phi) is 3.32. The highest BCUT2D eigenvalue weighted by atomic mass is 35.5. The Morgan fingerprint density at radius 3 is 2.84 bits per heavy atom. The van der Waals surface area contributed by atoms with Crippen LogP contribution in [0.25, 0.3) is 10.9 Å². The van der Waals surface area contributed by atoms with E-state index in [2.05, 4.69) is 17.2 Å². The van der Waals surface area contributed by atoms with Crippen LogP contribution in [0.1, 0.15) is 24.4 Å². The maximum absolute atomic E-state index is 6.37. The summed E-state index contributed by atoms with van der Waals surface area (Å²) in [4.78, 5) is 3.34. The zero-order chi connectivity index (χ0) is 13.2. The number of fused-ring (bicyclic) bond motifs is 1. The number of rotatable bonds is 4. The number of furan rings is 1. The molecule has 0 amide bonds. The van der Waals surface area contributed by atoms with Crippen LogP contribution in [-0.2, 0) is 6.54 Å². The molecule has 0 aliphatic carbocycles. The van der Waals surface area contributed by atoms with Crippen LogP contribution in [0.4, 0.5) is 0 Å². The zero-order valence-corrected chi connectivity index (χ0v) is 11.4. The fraction of sp³-hybridized carbons (Fsp3) is 0.200. The highest BCUT2D eigenvalue weighted by Gasteiger charge is 2.11. The molecule has 0 saturated carbocycles. The van der Waals surface area contributed by atoms with Gasteiger partial charge in [-0.1, -0.05) is 29.8 Å². The van der Waals surface area contributed by atoms with Gasteiger partial charge < -0.3 is 14.7 Å². The number of hydrogen-bond donors (Lipinski definition) is 2. The monoisotopic (exact) mass is 274 g/mol. The molecular weight excluding hydrogens is 260 g/mol. The van der Waals surface area contributed by atoms with Crippen LogP contribution in [0.2, 0.25) is 5.02 Å². The van der Waals surface area contributed by atoms with Gasteiger partial charge in [0.25, 0.3) is 0 Å². The van der Waals surface area contributed by atoms with Gasteiger partial charge in [-0.2, -0.15) is 0 Å². The summed E-state index contributed by atoms with van der Waals surface area (Å²) in [6, 6.07) is 12.0. The first kappa shape index (κ1) is 12.3. The molecule has 2 N–H and O–H groups in total. The third-order valence-electron chi connectivity index (χ3n) is 3.27. The van der Waals surface area contributed by atoms with Crippen LogP contribution in [0, 0.1) is 0 Å². The largest absolute Gasteiger partial charge is 0.468 e. The van der Waals surface area contributed by atoms with Crippen molar-refractivity contribution in [1.82, 2.24) is 10.3 Å². The van der Waals surface area contributed by atoms with Gasteiger partial charge in [-0.25, -0.2) is 0 Å². The fourth-order valence-electron chi connectivity index (χ4n) is 2.18. The van der Waals surface area contributed by atoms with Crippen molar-refractivity contribution >= 4 is 22.5 Å². The van der Waals surface area contributed by atoms with Crippen molar-refractivity contribution in [3.63, 3.8) is 0 Å². The molecule has 2 heterocycles. The van der Waals surface area contributed by atoms with Crippen LogP contribution >= 0.6 is 11.6 Å². The summed E-state index contributed by atoms with van der Waals surface area (Å²) < 4.78 is 5.37. The van der Waals surface area contributed by atoms with Gasteiger partial charge in [0.2, 0.25) is 0 Å². The lowest BCUT2D eigenvalue weighted by atomic mass is 10.2. The first-order chi connectivity index (χ1) is 9.25. The minimum Gasteiger partial charge on any atom is -0.468 e. The molecule has 0 bridgehead atoms. The molecule has 19 heavy (non-hydrogen) atoms. The smallest absolute Gasteiger partial charge is 0.120 e. The van der Waals surface area contributed by atoms with Crippen molar-refractivity contribution in [3.8, 4) is 0 Å². The van der Waals surface area contributed by atoms with Gasteiger partial charge in [-0.15, -0.1) is 0 Å². The molecule has 4 heteroatoms. The van der Waals surface area contributed by atoms with E-state index in [4.69, 9.17) is 16.0 Å². The second-order valence-electron chi connectivity index (χ2n) is 4.58. The number of H-pyrrole nitrogens is 1. The maximum atomic E-state index is 6.37. The summed E-state index contributed by atoms with van der Waals surface area (Å²) in [6.07, 6.45) is 1.68. The van der Waals surface area contributed by atoms with Crippen molar-refractivity contribution in [2.24, 2.45) is 0 Å². The molecule has 3 aromatic rings. The van der Waals surface area contributed by atoms with Gasteiger partial charge >= 0.3 is 0 Å². The summed E-state index contributed by atoms with van der Waals surface area (Å²) in [5.41, 5.74) is 2.07. The van der Waals surface area contributed by atoms with Gasteiger partial charge in [0.1, 0.15) is 5.76 Å². The lowest BCUT2D eigenvalue weighted by Gasteiger charge is -2.10. The Hall–Kier alpha value is -1.71. The summed E-state index contributed by atoms with van der Waals surface area (Å²) in [5, 5.41) is 5.24. The normalized spacial score (nSPS) is 12.9. The van der Waals surface area contributed by atoms with E-state index in [-0.39, 0.29) is 6.04 Å². The summed E-state index contributed by atoms with van der Waals surface area (Å²) >= 11 is 6.37. The highest BCUT2D eigenvalue weighted by molar-refractivity contribution is 6.36. The summed E-state index contributed by atoms with van der Waals surface area (Å²) in [6.45, 7) is 2.74. The Bertz CT molecular complexity index is 673. The van der Waals surface area contributed by atoms with Gasteiger partial charge in [-0.05, 0) is 25.1 Å². The molecule has 0 spiro atoms. The van der Waals surface area contributed by atoms with Crippen molar-refractivity contribution < 1.29 is 4.42 Å². The van der Waals surface area contributed by atoms with Crippen molar-refractivity contribution in [2.45, 2.75) is 19.5 Å². The minimum atomic E-state index is 0.150. The minimum absolute atomic E-state index is 0.150. The average Bonchev–Trinajstić information content (AvgIpc) is 3.05. The molecule has 0 radical (unpaired) electrons. The van der Waals surface area contributed by atoms with Crippen LogP contribution in [0.5, 0.6) is 0 Å². The molecule has 0 aliphatic rings. The van der Waals surface area contributed by atoms with Crippen LogP contribution in [0.15, 0.2) is 47.1 Å². The first-order valence-corrected chi connectivity index (χ1v) is 6.65. The second kappa shape index (κ2) is 5.11. The molecule has 0 saturated heterocycles. The third-order valence-corrected chi connectivity index (χ3v) is 3.70. The van der Waals surface area contributed by atoms with Crippen molar-refractivity contribution in [3.05, 3.63) is 59.1 Å². The molecule has 0 fully saturated rings. The topological polar surface area (TPSA) is 41.0 Å². The fourth-order valence-corrected chi connectivity index (χ4v) is 2.46. The van der Waals surface area contributed by atoms with E-state index in [1.165, 1.54) is 0 Å². The standard InChI is InChI=1S/C15H15ClN2O/c1-10(14-7-4-8-19-14)17-9-13-15(16)11-5-2-3-6-12(11)18-13/h2-8,10,17-18H,9H2,1H3. The van der Waals surface area contributed by atoms with Crippen LogP contribution in [0.3, 0.4) is 0 Å². The Labute approximate surface area is 116 Å². The number of aromatic nitrogens is 1. The zero-order valence-electron chi connectivity index (χ0n) is 10.6. The highest BCUT2D eigenvalue weighted by Crippen LogP contribution is 2.27. The van der Waals surface area contributed by atoms with Gasteiger partial charge in [0.05, 0.1) is 17.3 Å². The number of para-hydroxylation sites is 1. The molecule has 0 aliphatic heterocycles. The second-order valence-corrected chi connectivity index (χ2v) is 4.96. The molecule has 98 valence electrons. The lowest BCUT2D eigenvalue weighted by molar-refractivity contribution is 0.429. The predicted octanol–water partition coefficient (Wildman–Crippen LogP) is 4.27. The molecule has 1 unspecified atom stereocenters. The number of nitrogens with one attached hydrogen (secondary N) is 2. The molecule has 1 atom stereocenters. The van der Waals surface area contributed by atoms with E-state index in [1.807, 2.05) is 36.4 Å². The Balaban J connectivity index is 1.77. The molecule has 3 nitrogen and oxygen atoms in total. The van der Waals surface area contributed by atoms with Crippen LogP contribution < -0.4 is 5.32 Å². The molecular formula is C15H15ClN2O. The van der Waals surface area contributed by atoms with Crippen LogP contribution in [-0.4, -0.2) is 4.98 Å². The maximum Gasteiger partial charge on any atom is 0.120 e. The number of aromatic amines is 1. The van der Waals surface area contributed by atoms with E-state index < -0.39 is 0 Å². The van der Waals surface area contributed by atoms with E-state index in [0.717, 1.165) is 27.4 Å². The molecule has 3 rings (SSSR count). The van der Waals surface area contributed by atoms with E-state index >= 15 is 0 Å². The lowest BCUT2D eigenvalue weighted by Crippen LogP contribution is -2.17. The first-order valence-electron chi connectivity index (χ1n) is 6.27. The van der Waals surface area contributed by atoms with Gasteiger partial charge in [-0.3, -0.25) is 0 Å².